The Morgan fingerprint density at radius 2 is 1.87 bits per heavy atom. The maximum absolute atomic E-state index is 15.1. The van der Waals surface area contributed by atoms with Crippen molar-refractivity contribution in [3.05, 3.63) is 82.8 Å². The van der Waals surface area contributed by atoms with Crippen molar-refractivity contribution < 1.29 is 4.39 Å². The summed E-state index contributed by atoms with van der Waals surface area (Å²) in [6, 6.07) is 14.7. The molecule has 0 aliphatic heterocycles. The fraction of sp³-hybridized carbons (Fsp3) is 0.333. The van der Waals surface area contributed by atoms with Crippen LogP contribution in [-0.4, -0.2) is 5.71 Å². The number of aliphatic imine (C=N–C) groups is 1. The Morgan fingerprint density at radius 1 is 1.13 bits per heavy atom. The molecule has 0 bridgehead atoms. The number of unbranched alkanes of at least 4 members (excludes halogenated alkanes) is 1. The molecule has 0 amide bonds. The fourth-order valence-electron chi connectivity index (χ4n) is 3.31. The maximum Gasteiger partial charge on any atom is 0.127 e. The number of benzene rings is 2. The Balaban J connectivity index is 2.46. The number of allylic oxidation sites excluding steroid dienone is 3. The van der Waals surface area contributed by atoms with Gasteiger partial charge >= 0.3 is 0 Å². The lowest BCUT2D eigenvalue weighted by Gasteiger charge is -2.15. The van der Waals surface area contributed by atoms with Crippen molar-refractivity contribution in [2.24, 2.45) is 4.99 Å². The van der Waals surface area contributed by atoms with Gasteiger partial charge in [0.05, 0.1) is 11.6 Å². The van der Waals surface area contributed by atoms with E-state index < -0.39 is 0 Å². The van der Waals surface area contributed by atoms with Crippen LogP contribution in [-0.2, 0) is 6.42 Å². The molecule has 0 unspecified atom stereocenters. The number of halogens is 1. The van der Waals surface area contributed by atoms with Gasteiger partial charge in [0.25, 0.3) is 0 Å². The Hall–Kier alpha value is -2.99. The van der Waals surface area contributed by atoms with Crippen LogP contribution in [0.3, 0.4) is 0 Å². The zero-order chi connectivity index (χ0) is 22.1. The summed E-state index contributed by atoms with van der Waals surface area (Å²) in [4.78, 5) is 4.84. The molecule has 0 atom stereocenters. The first-order chi connectivity index (χ1) is 14.4. The molecule has 2 nitrogen and oxygen atoms in total. The standard InChI is InChI=1S/C27H31FN2/c1-6-8-13-27(30-20(5)7-2)25(19(3)4)16-22-15-14-21(17-26(22)28)24-12-10-9-11-23(24)18-29/h9-12,14-15,17H,3,6-8,13,16H2,1-2,4-5H3/b27-25-,30-20?. The number of nitriles is 1. The van der Waals surface area contributed by atoms with Gasteiger partial charge in [0, 0.05) is 17.8 Å². The van der Waals surface area contributed by atoms with E-state index in [4.69, 9.17) is 4.99 Å². The SMILES string of the molecule is C=C(C)/C(Cc1ccc(-c2ccccc2C#N)cc1F)=C(/CCCC)N=C(C)CC. The van der Waals surface area contributed by atoms with Crippen LogP contribution < -0.4 is 0 Å². The van der Waals surface area contributed by atoms with Crippen LogP contribution in [0.2, 0.25) is 0 Å². The van der Waals surface area contributed by atoms with E-state index in [0.29, 0.717) is 23.1 Å². The van der Waals surface area contributed by atoms with E-state index in [1.807, 2.05) is 44.2 Å². The molecule has 156 valence electrons. The lowest BCUT2D eigenvalue weighted by atomic mass is 9.93. The molecule has 0 aliphatic carbocycles. The van der Waals surface area contributed by atoms with Crippen molar-refractivity contribution in [3.8, 4) is 17.2 Å². The van der Waals surface area contributed by atoms with E-state index in [1.54, 1.807) is 6.07 Å². The molecule has 0 spiro atoms. The van der Waals surface area contributed by atoms with Crippen LogP contribution in [0.4, 0.5) is 4.39 Å². The van der Waals surface area contributed by atoms with Crippen LogP contribution in [0, 0.1) is 17.1 Å². The highest BCUT2D eigenvalue weighted by Crippen LogP contribution is 2.29. The first-order valence-electron chi connectivity index (χ1n) is 10.6. The van der Waals surface area contributed by atoms with Gasteiger partial charge in [0.15, 0.2) is 0 Å². The van der Waals surface area contributed by atoms with E-state index in [-0.39, 0.29) is 5.82 Å². The lowest BCUT2D eigenvalue weighted by molar-refractivity contribution is 0.613. The normalized spacial score (nSPS) is 12.3. The summed E-state index contributed by atoms with van der Waals surface area (Å²) in [5.74, 6) is -0.273. The van der Waals surface area contributed by atoms with Crippen molar-refractivity contribution in [2.75, 3.05) is 0 Å². The average Bonchev–Trinajstić information content (AvgIpc) is 2.75. The second-order valence-corrected chi connectivity index (χ2v) is 7.65. The highest BCUT2D eigenvalue weighted by molar-refractivity contribution is 5.82. The largest absolute Gasteiger partial charge is 0.262 e. The number of hydrogen-bond acceptors (Lipinski definition) is 2. The smallest absolute Gasteiger partial charge is 0.127 e. The average molecular weight is 403 g/mol. The maximum atomic E-state index is 15.1. The Kier molecular flexibility index (Phi) is 8.74. The van der Waals surface area contributed by atoms with Gasteiger partial charge in [-0.2, -0.15) is 5.26 Å². The van der Waals surface area contributed by atoms with Gasteiger partial charge in [-0.15, -0.1) is 0 Å². The van der Waals surface area contributed by atoms with Gasteiger partial charge in [-0.1, -0.05) is 62.8 Å². The highest BCUT2D eigenvalue weighted by Gasteiger charge is 2.14. The monoisotopic (exact) mass is 402 g/mol. The van der Waals surface area contributed by atoms with Gasteiger partial charge in [0.1, 0.15) is 5.82 Å². The number of rotatable bonds is 9. The molecule has 2 aromatic carbocycles. The van der Waals surface area contributed by atoms with E-state index >= 15 is 4.39 Å². The molecular formula is C27H31FN2. The predicted octanol–water partition coefficient (Wildman–Crippen LogP) is 7.80. The van der Waals surface area contributed by atoms with E-state index in [0.717, 1.165) is 53.8 Å². The molecule has 0 saturated carbocycles. The van der Waals surface area contributed by atoms with Gasteiger partial charge in [-0.3, -0.25) is 4.99 Å². The van der Waals surface area contributed by atoms with E-state index in [1.165, 1.54) is 6.07 Å². The minimum absolute atomic E-state index is 0.273. The third kappa shape index (κ3) is 6.00. The molecule has 2 rings (SSSR count). The quantitative estimate of drug-likeness (QED) is 0.311. The Morgan fingerprint density at radius 3 is 2.47 bits per heavy atom. The van der Waals surface area contributed by atoms with Crippen molar-refractivity contribution in [1.29, 1.82) is 5.26 Å². The molecule has 0 saturated heterocycles. The number of nitrogens with zero attached hydrogens (tertiary/aromatic N) is 2. The number of hydrogen-bond donors (Lipinski definition) is 0. The van der Waals surface area contributed by atoms with Gasteiger partial charge in [0.2, 0.25) is 0 Å². The van der Waals surface area contributed by atoms with Gasteiger partial charge < -0.3 is 0 Å². The van der Waals surface area contributed by atoms with Crippen molar-refractivity contribution >= 4 is 5.71 Å². The molecular weight excluding hydrogens is 371 g/mol. The summed E-state index contributed by atoms with van der Waals surface area (Å²) in [7, 11) is 0. The minimum atomic E-state index is -0.273. The van der Waals surface area contributed by atoms with Crippen LogP contribution in [0.5, 0.6) is 0 Å². The third-order valence-electron chi connectivity index (χ3n) is 5.25. The van der Waals surface area contributed by atoms with Crippen LogP contribution in [0.15, 0.2) is 70.9 Å². The molecule has 0 N–H and O–H groups in total. The van der Waals surface area contributed by atoms with E-state index in [9.17, 15) is 5.26 Å². The molecule has 0 aromatic heterocycles. The molecule has 0 fully saturated rings. The zero-order valence-electron chi connectivity index (χ0n) is 18.6. The van der Waals surface area contributed by atoms with Gasteiger partial charge in [-0.05, 0) is 67.5 Å². The minimum Gasteiger partial charge on any atom is -0.262 e. The summed E-state index contributed by atoms with van der Waals surface area (Å²) in [5.41, 5.74) is 6.63. The molecule has 2 aromatic rings. The first kappa shape index (κ1) is 23.3. The summed E-state index contributed by atoms with van der Waals surface area (Å²) in [5, 5.41) is 9.34. The fourth-order valence-corrected chi connectivity index (χ4v) is 3.31. The topological polar surface area (TPSA) is 36.1 Å². The van der Waals surface area contributed by atoms with Crippen LogP contribution in [0.25, 0.3) is 11.1 Å². The third-order valence-corrected chi connectivity index (χ3v) is 5.25. The summed E-state index contributed by atoms with van der Waals surface area (Å²) < 4.78 is 15.1. The summed E-state index contributed by atoms with van der Waals surface area (Å²) >= 11 is 0. The molecule has 30 heavy (non-hydrogen) atoms. The Labute approximate surface area is 180 Å². The molecule has 0 aliphatic rings. The Bertz CT molecular complexity index is 1010. The summed E-state index contributed by atoms with van der Waals surface area (Å²) in [6.45, 7) is 12.4. The predicted molar refractivity (Wildman–Crippen MR) is 125 cm³/mol. The zero-order valence-corrected chi connectivity index (χ0v) is 18.6. The van der Waals surface area contributed by atoms with E-state index in [2.05, 4.69) is 26.5 Å². The molecule has 0 heterocycles. The van der Waals surface area contributed by atoms with Crippen molar-refractivity contribution in [2.45, 2.75) is 59.8 Å². The second kappa shape index (κ2) is 11.3. The van der Waals surface area contributed by atoms with Crippen LogP contribution in [0.1, 0.15) is 64.5 Å². The molecule has 3 heteroatoms. The first-order valence-corrected chi connectivity index (χ1v) is 10.6. The lowest BCUT2D eigenvalue weighted by Crippen LogP contribution is -2.02. The highest BCUT2D eigenvalue weighted by atomic mass is 19.1. The summed E-state index contributed by atoms with van der Waals surface area (Å²) in [6.07, 6.45) is 4.33. The van der Waals surface area contributed by atoms with Gasteiger partial charge in [-0.25, -0.2) is 4.39 Å². The molecule has 0 radical (unpaired) electrons. The van der Waals surface area contributed by atoms with Crippen LogP contribution >= 0.6 is 0 Å². The second-order valence-electron chi connectivity index (χ2n) is 7.65. The van der Waals surface area contributed by atoms with Crippen molar-refractivity contribution in [1.82, 2.24) is 0 Å². The van der Waals surface area contributed by atoms with Crippen molar-refractivity contribution in [3.63, 3.8) is 0 Å².